The molecule has 10 rings (SSSR count). The van der Waals surface area contributed by atoms with Crippen LogP contribution in [0.4, 0.5) is 5.69 Å². The van der Waals surface area contributed by atoms with Gasteiger partial charge in [0.15, 0.2) is 0 Å². The molecule has 2 aromatic carbocycles. The number of aromatic nitrogens is 1. The highest BCUT2D eigenvalue weighted by atomic mass is 15.4. The van der Waals surface area contributed by atoms with Crippen molar-refractivity contribution in [2.45, 2.75) is 128 Å². The largest absolute Gasteiger partial charge is 0.349 e. The monoisotopic (exact) mass is 714 g/mol. The molecule has 0 radical (unpaired) electrons. The molecule has 4 nitrogen and oxygen atoms in total. The Labute approximate surface area is 323 Å². The number of para-hydroxylation sites is 2. The van der Waals surface area contributed by atoms with Gasteiger partial charge in [-0.25, -0.2) is 0 Å². The molecule has 1 aromatic heterocycles. The molecule has 9 unspecified atom stereocenters. The summed E-state index contributed by atoms with van der Waals surface area (Å²) in [4.78, 5) is 2.90. The third kappa shape index (κ3) is 5.31. The first-order valence-electron chi connectivity index (χ1n) is 21.6. The van der Waals surface area contributed by atoms with Crippen LogP contribution in [-0.2, 0) is 6.42 Å². The minimum absolute atomic E-state index is 0.0493. The van der Waals surface area contributed by atoms with E-state index in [1.54, 1.807) is 16.7 Å². The van der Waals surface area contributed by atoms with Crippen LogP contribution in [0, 0.1) is 40.4 Å². The average molecular weight is 715 g/mol. The fraction of sp³-hybridized carbons (Fsp3) is 0.500. The summed E-state index contributed by atoms with van der Waals surface area (Å²) in [5.74, 6) is 2.02. The van der Waals surface area contributed by atoms with Crippen LogP contribution in [0.2, 0.25) is 0 Å². The van der Waals surface area contributed by atoms with E-state index in [1.165, 1.54) is 72.8 Å². The maximum absolute atomic E-state index is 10.5. The van der Waals surface area contributed by atoms with Crippen LogP contribution in [-0.4, -0.2) is 16.3 Å². The van der Waals surface area contributed by atoms with E-state index in [9.17, 15) is 5.26 Å². The second-order valence-corrected chi connectivity index (χ2v) is 18.3. The molecule has 9 atom stereocenters. The SMILES string of the molecule is CC1(C2=CC=CCC2C2C=CCCC2C2=CC(n3c4c(c5ccccc53)C=CCC4)NC(N3c4ccccc4C4CCCCC43C)C2)CCCCC1C#N. The van der Waals surface area contributed by atoms with Gasteiger partial charge in [0.2, 0.25) is 0 Å². The summed E-state index contributed by atoms with van der Waals surface area (Å²) in [5.41, 5.74) is 10.5. The lowest BCUT2D eigenvalue weighted by molar-refractivity contribution is 0.164. The van der Waals surface area contributed by atoms with Crippen molar-refractivity contribution in [2.24, 2.45) is 29.1 Å². The van der Waals surface area contributed by atoms with E-state index in [0.29, 0.717) is 23.7 Å². The van der Waals surface area contributed by atoms with E-state index in [1.807, 2.05) is 0 Å². The van der Waals surface area contributed by atoms with Crippen molar-refractivity contribution in [1.29, 1.82) is 5.26 Å². The lowest BCUT2D eigenvalue weighted by Gasteiger charge is -2.51. The van der Waals surface area contributed by atoms with Gasteiger partial charge in [-0.15, -0.1) is 0 Å². The fourth-order valence-corrected chi connectivity index (χ4v) is 13.0. The topological polar surface area (TPSA) is 44.0 Å². The molecular formula is C50H58N4. The number of nitriles is 1. The lowest BCUT2D eigenvalue weighted by Crippen LogP contribution is -2.59. The highest BCUT2D eigenvalue weighted by molar-refractivity contribution is 5.92. The Balaban J connectivity index is 1.10. The summed E-state index contributed by atoms with van der Waals surface area (Å²) in [6.07, 6.45) is 36.4. The number of nitrogens with one attached hydrogen (secondary N) is 1. The van der Waals surface area contributed by atoms with Gasteiger partial charge in [-0.2, -0.15) is 5.26 Å². The molecule has 3 aromatic rings. The number of fused-ring (bicyclic) bond motifs is 6. The molecule has 0 amide bonds. The van der Waals surface area contributed by atoms with Gasteiger partial charge < -0.3 is 9.47 Å². The second kappa shape index (κ2) is 13.6. The first kappa shape index (κ1) is 34.4. The van der Waals surface area contributed by atoms with Gasteiger partial charge in [0.1, 0.15) is 6.17 Å². The van der Waals surface area contributed by atoms with Crippen molar-refractivity contribution >= 4 is 22.7 Å². The molecule has 0 spiro atoms. The van der Waals surface area contributed by atoms with Gasteiger partial charge in [0.05, 0.1) is 23.7 Å². The maximum Gasteiger partial charge on any atom is 0.105 e. The fourth-order valence-electron chi connectivity index (χ4n) is 13.0. The highest BCUT2D eigenvalue weighted by Crippen LogP contribution is 2.58. The Morgan fingerprint density at radius 1 is 0.870 bits per heavy atom. The predicted octanol–water partition coefficient (Wildman–Crippen LogP) is 12.1. The molecule has 54 heavy (non-hydrogen) atoms. The summed E-state index contributed by atoms with van der Waals surface area (Å²) >= 11 is 0. The molecular weight excluding hydrogens is 657 g/mol. The summed E-state index contributed by atoms with van der Waals surface area (Å²) in [6, 6.07) is 21.4. The van der Waals surface area contributed by atoms with Gasteiger partial charge in [-0.1, -0.05) is 123 Å². The van der Waals surface area contributed by atoms with Gasteiger partial charge in [0.25, 0.3) is 0 Å². The van der Waals surface area contributed by atoms with Crippen LogP contribution in [0.3, 0.4) is 0 Å². The van der Waals surface area contributed by atoms with Crippen molar-refractivity contribution in [3.05, 3.63) is 119 Å². The molecule has 5 aliphatic carbocycles. The van der Waals surface area contributed by atoms with Crippen LogP contribution < -0.4 is 10.2 Å². The Kier molecular flexibility index (Phi) is 8.67. The summed E-state index contributed by atoms with van der Waals surface area (Å²) in [7, 11) is 0. The molecule has 2 fully saturated rings. The van der Waals surface area contributed by atoms with Crippen LogP contribution >= 0.6 is 0 Å². The standard InChI is InChI=1S/C50H58N4/c1-49(29-15-13-17-35(49)33-51)42-24-9-5-20-38(42)37-19-4-3-18-36(37)34-31-47(53-44-26-10-6-21-39(44)40-22-7-11-27-45(40)53)52-48(32-34)54-46-28-12-8-23-41(46)43-25-14-16-30-50(43,54)2/h4-10,12,19,21-24,26,28,31,35-38,43,47-48,52H,3,11,13-18,20,25,27,29-30,32H2,1-2H3. The molecule has 1 N–H and O–H groups in total. The summed E-state index contributed by atoms with van der Waals surface area (Å²) in [5, 5.41) is 16.2. The zero-order valence-electron chi connectivity index (χ0n) is 32.5. The van der Waals surface area contributed by atoms with Crippen molar-refractivity contribution in [3.63, 3.8) is 0 Å². The quantitative estimate of drug-likeness (QED) is 0.268. The third-order valence-corrected chi connectivity index (χ3v) is 15.6. The van der Waals surface area contributed by atoms with E-state index in [2.05, 4.69) is 132 Å². The van der Waals surface area contributed by atoms with Crippen LogP contribution in [0.1, 0.15) is 126 Å². The Morgan fingerprint density at radius 2 is 1.72 bits per heavy atom. The number of hydrogen-bond acceptors (Lipinski definition) is 3. The third-order valence-electron chi connectivity index (χ3n) is 15.6. The zero-order valence-corrected chi connectivity index (χ0v) is 32.5. The summed E-state index contributed by atoms with van der Waals surface area (Å²) in [6.45, 7) is 5.04. The smallest absolute Gasteiger partial charge is 0.105 e. The molecule has 2 saturated carbocycles. The van der Waals surface area contributed by atoms with Gasteiger partial charge in [-0.3, -0.25) is 5.32 Å². The van der Waals surface area contributed by atoms with E-state index < -0.39 is 0 Å². The highest BCUT2D eigenvalue weighted by Gasteiger charge is 2.53. The number of anilines is 1. The number of hydrogen-bond donors (Lipinski definition) is 1. The Morgan fingerprint density at radius 3 is 2.65 bits per heavy atom. The molecule has 0 bridgehead atoms. The molecule has 7 aliphatic rings. The number of rotatable bonds is 5. The maximum atomic E-state index is 10.5. The van der Waals surface area contributed by atoms with Crippen molar-refractivity contribution < 1.29 is 0 Å². The number of nitrogens with zero attached hydrogens (tertiary/aromatic N) is 3. The van der Waals surface area contributed by atoms with Crippen LogP contribution in [0.5, 0.6) is 0 Å². The summed E-state index contributed by atoms with van der Waals surface area (Å²) < 4.78 is 2.70. The average Bonchev–Trinajstić information content (AvgIpc) is 3.70. The number of benzene rings is 2. The molecule has 0 saturated heterocycles. The second-order valence-electron chi connectivity index (χ2n) is 18.3. The first-order chi connectivity index (χ1) is 26.5. The van der Waals surface area contributed by atoms with E-state index in [0.717, 1.165) is 44.9 Å². The van der Waals surface area contributed by atoms with Gasteiger partial charge in [0, 0.05) is 45.6 Å². The van der Waals surface area contributed by atoms with Gasteiger partial charge in [-0.05, 0) is 106 Å². The lowest BCUT2D eigenvalue weighted by atomic mass is 9.56. The van der Waals surface area contributed by atoms with E-state index >= 15 is 0 Å². The van der Waals surface area contributed by atoms with E-state index in [-0.39, 0.29) is 29.2 Å². The van der Waals surface area contributed by atoms with Crippen molar-refractivity contribution in [2.75, 3.05) is 4.90 Å². The zero-order chi connectivity index (χ0) is 36.4. The minimum Gasteiger partial charge on any atom is -0.349 e. The van der Waals surface area contributed by atoms with Crippen LogP contribution in [0.25, 0.3) is 17.0 Å². The molecule has 278 valence electrons. The van der Waals surface area contributed by atoms with E-state index in [4.69, 9.17) is 0 Å². The van der Waals surface area contributed by atoms with Crippen LogP contribution in [0.15, 0.2) is 102 Å². The van der Waals surface area contributed by atoms with Crippen molar-refractivity contribution in [1.82, 2.24) is 9.88 Å². The normalized spacial score (nSPS) is 35.9. The Hall–Kier alpha value is -4.07. The molecule has 4 heteroatoms. The molecule has 3 heterocycles. The Bertz CT molecular complexity index is 2140. The number of allylic oxidation sites excluding steroid dienone is 7. The first-order valence-corrected chi connectivity index (χ1v) is 21.6. The van der Waals surface area contributed by atoms with Gasteiger partial charge >= 0.3 is 0 Å². The molecule has 2 aliphatic heterocycles. The predicted molar refractivity (Wildman–Crippen MR) is 223 cm³/mol. The van der Waals surface area contributed by atoms with Crippen molar-refractivity contribution in [3.8, 4) is 6.07 Å². The minimum atomic E-state index is -0.0493.